The van der Waals surface area contributed by atoms with Gasteiger partial charge in [-0.05, 0) is 61.2 Å². The van der Waals surface area contributed by atoms with Crippen LogP contribution in [-0.2, 0) is 12.8 Å². The van der Waals surface area contributed by atoms with Crippen LogP contribution in [0.5, 0.6) is 5.75 Å². The number of hydrogen-bond acceptors (Lipinski definition) is 3. The molecule has 1 saturated heterocycles. The van der Waals surface area contributed by atoms with Gasteiger partial charge in [-0.15, -0.1) is 11.3 Å². The lowest BCUT2D eigenvalue weighted by molar-refractivity contribution is 0.0181. The second kappa shape index (κ2) is 6.00. The Labute approximate surface area is 140 Å². The van der Waals surface area contributed by atoms with Crippen LogP contribution >= 0.6 is 11.3 Å². The molecule has 23 heavy (non-hydrogen) atoms. The highest BCUT2D eigenvalue weighted by Crippen LogP contribution is 2.32. The smallest absolute Gasteiger partial charge is 0.264 e. The fraction of sp³-hybridized carbons (Fsp3) is 0.421. The molecule has 120 valence electrons. The van der Waals surface area contributed by atoms with Gasteiger partial charge in [0.15, 0.2) is 0 Å². The SMILES string of the molecule is Cc1ccc(OC2CN(C(=O)c3scc4c3CCCC4)C2)cc1. The molecule has 1 aromatic heterocycles. The fourth-order valence-electron chi connectivity index (χ4n) is 3.33. The number of hydrogen-bond donors (Lipinski definition) is 0. The van der Waals surface area contributed by atoms with Crippen LogP contribution in [0.2, 0.25) is 0 Å². The Kier molecular flexibility index (Phi) is 3.85. The maximum Gasteiger partial charge on any atom is 0.264 e. The third kappa shape index (κ3) is 2.88. The number of fused-ring (bicyclic) bond motifs is 1. The molecule has 3 nitrogen and oxygen atoms in total. The van der Waals surface area contributed by atoms with Crippen LogP contribution in [0, 0.1) is 6.92 Å². The summed E-state index contributed by atoms with van der Waals surface area (Å²) in [6.07, 6.45) is 4.80. The molecule has 1 amide bonds. The normalized spacial score (nSPS) is 17.5. The molecule has 4 rings (SSSR count). The average Bonchev–Trinajstić information content (AvgIpc) is 2.96. The van der Waals surface area contributed by atoms with E-state index >= 15 is 0 Å². The van der Waals surface area contributed by atoms with Crippen LogP contribution in [0.4, 0.5) is 0 Å². The molecule has 1 aliphatic carbocycles. The standard InChI is InChI=1S/C19H21NO2S/c1-13-6-8-15(9-7-13)22-16-10-20(11-16)19(21)18-17-5-3-2-4-14(17)12-23-18/h6-9,12,16H,2-5,10-11H2,1H3. The van der Waals surface area contributed by atoms with Crippen molar-refractivity contribution in [1.29, 1.82) is 0 Å². The van der Waals surface area contributed by atoms with Crippen LogP contribution in [-0.4, -0.2) is 30.0 Å². The van der Waals surface area contributed by atoms with Crippen molar-refractivity contribution in [3.05, 3.63) is 51.2 Å². The van der Waals surface area contributed by atoms with E-state index in [1.54, 1.807) is 11.3 Å². The van der Waals surface area contributed by atoms with E-state index in [1.165, 1.54) is 29.5 Å². The van der Waals surface area contributed by atoms with Crippen molar-refractivity contribution in [2.24, 2.45) is 0 Å². The van der Waals surface area contributed by atoms with Gasteiger partial charge in [0.25, 0.3) is 5.91 Å². The first-order valence-corrected chi connectivity index (χ1v) is 9.20. The molecule has 2 aromatic rings. The summed E-state index contributed by atoms with van der Waals surface area (Å²) < 4.78 is 5.93. The number of nitrogens with zero attached hydrogens (tertiary/aromatic N) is 1. The van der Waals surface area contributed by atoms with Crippen molar-refractivity contribution in [3.8, 4) is 5.75 Å². The van der Waals surface area contributed by atoms with Crippen molar-refractivity contribution in [2.45, 2.75) is 38.7 Å². The summed E-state index contributed by atoms with van der Waals surface area (Å²) in [6, 6.07) is 8.09. The third-order valence-electron chi connectivity index (χ3n) is 4.76. The van der Waals surface area contributed by atoms with Gasteiger partial charge >= 0.3 is 0 Å². The van der Waals surface area contributed by atoms with E-state index in [0.29, 0.717) is 13.1 Å². The Bertz CT molecular complexity index is 713. The Morgan fingerprint density at radius 3 is 2.70 bits per heavy atom. The van der Waals surface area contributed by atoms with E-state index < -0.39 is 0 Å². The highest BCUT2D eigenvalue weighted by Gasteiger charge is 2.34. The Hall–Kier alpha value is -1.81. The molecule has 1 aromatic carbocycles. The van der Waals surface area contributed by atoms with E-state index in [1.807, 2.05) is 17.0 Å². The number of carbonyl (C=O) groups is 1. The zero-order valence-corrected chi connectivity index (χ0v) is 14.2. The van der Waals surface area contributed by atoms with Gasteiger partial charge in [-0.3, -0.25) is 4.79 Å². The minimum Gasteiger partial charge on any atom is -0.487 e. The van der Waals surface area contributed by atoms with Crippen LogP contribution in [0.25, 0.3) is 0 Å². The summed E-state index contributed by atoms with van der Waals surface area (Å²) in [7, 11) is 0. The molecule has 0 atom stereocenters. The predicted molar refractivity (Wildman–Crippen MR) is 92.5 cm³/mol. The summed E-state index contributed by atoms with van der Waals surface area (Å²) in [5, 5.41) is 2.18. The summed E-state index contributed by atoms with van der Waals surface area (Å²) in [4.78, 5) is 15.6. The highest BCUT2D eigenvalue weighted by atomic mass is 32.1. The second-order valence-electron chi connectivity index (χ2n) is 6.54. The van der Waals surface area contributed by atoms with Gasteiger partial charge in [-0.1, -0.05) is 17.7 Å². The summed E-state index contributed by atoms with van der Waals surface area (Å²) >= 11 is 1.63. The lowest BCUT2D eigenvalue weighted by Gasteiger charge is -2.39. The van der Waals surface area contributed by atoms with Crippen molar-refractivity contribution >= 4 is 17.2 Å². The number of likely N-dealkylation sites (tertiary alicyclic amines) is 1. The molecule has 0 N–H and O–H groups in total. The van der Waals surface area contributed by atoms with Gasteiger partial charge < -0.3 is 9.64 Å². The number of thiophene rings is 1. The molecule has 0 radical (unpaired) electrons. The zero-order valence-electron chi connectivity index (χ0n) is 13.4. The van der Waals surface area contributed by atoms with Gasteiger partial charge in [0.2, 0.25) is 0 Å². The third-order valence-corrected chi connectivity index (χ3v) is 5.82. The van der Waals surface area contributed by atoms with Crippen molar-refractivity contribution in [3.63, 3.8) is 0 Å². The number of amides is 1. The number of carbonyl (C=O) groups excluding carboxylic acids is 1. The molecule has 0 saturated carbocycles. The molecular weight excluding hydrogens is 306 g/mol. The van der Waals surface area contributed by atoms with E-state index in [-0.39, 0.29) is 12.0 Å². The summed E-state index contributed by atoms with van der Waals surface area (Å²) in [6.45, 7) is 3.45. The summed E-state index contributed by atoms with van der Waals surface area (Å²) in [5.41, 5.74) is 3.94. The zero-order chi connectivity index (χ0) is 15.8. The molecular formula is C19H21NO2S. The first kappa shape index (κ1) is 14.8. The van der Waals surface area contributed by atoms with E-state index in [2.05, 4.69) is 24.4 Å². The van der Waals surface area contributed by atoms with Gasteiger partial charge in [-0.25, -0.2) is 0 Å². The first-order chi connectivity index (χ1) is 11.2. The van der Waals surface area contributed by atoms with Crippen molar-refractivity contribution in [1.82, 2.24) is 4.90 Å². The quantitative estimate of drug-likeness (QED) is 0.857. The van der Waals surface area contributed by atoms with E-state index in [4.69, 9.17) is 4.74 Å². The monoisotopic (exact) mass is 327 g/mol. The maximum absolute atomic E-state index is 12.7. The first-order valence-electron chi connectivity index (χ1n) is 8.32. The Morgan fingerprint density at radius 1 is 1.17 bits per heavy atom. The van der Waals surface area contributed by atoms with E-state index in [9.17, 15) is 4.79 Å². The van der Waals surface area contributed by atoms with Crippen molar-refractivity contribution < 1.29 is 9.53 Å². The van der Waals surface area contributed by atoms with Gasteiger partial charge in [0, 0.05) is 0 Å². The molecule has 2 aliphatic rings. The Morgan fingerprint density at radius 2 is 1.91 bits per heavy atom. The lowest BCUT2D eigenvalue weighted by Crippen LogP contribution is -2.56. The van der Waals surface area contributed by atoms with Crippen LogP contribution in [0.15, 0.2) is 29.6 Å². The molecule has 1 aliphatic heterocycles. The predicted octanol–water partition coefficient (Wildman–Crippen LogP) is 3.84. The number of ether oxygens (including phenoxy) is 1. The minimum atomic E-state index is 0.123. The minimum absolute atomic E-state index is 0.123. The number of benzene rings is 1. The van der Waals surface area contributed by atoms with Crippen LogP contribution in [0.3, 0.4) is 0 Å². The molecule has 2 heterocycles. The van der Waals surface area contributed by atoms with Crippen LogP contribution in [0.1, 0.15) is 39.2 Å². The second-order valence-corrected chi connectivity index (χ2v) is 7.42. The number of rotatable bonds is 3. The highest BCUT2D eigenvalue weighted by molar-refractivity contribution is 7.12. The van der Waals surface area contributed by atoms with Crippen molar-refractivity contribution in [2.75, 3.05) is 13.1 Å². The van der Waals surface area contributed by atoms with Crippen LogP contribution < -0.4 is 4.74 Å². The topological polar surface area (TPSA) is 29.5 Å². The lowest BCUT2D eigenvalue weighted by atomic mass is 9.93. The van der Waals surface area contributed by atoms with Gasteiger partial charge in [-0.2, -0.15) is 0 Å². The molecule has 0 spiro atoms. The largest absolute Gasteiger partial charge is 0.487 e. The molecule has 4 heteroatoms. The molecule has 0 bridgehead atoms. The van der Waals surface area contributed by atoms with E-state index in [0.717, 1.165) is 23.5 Å². The van der Waals surface area contributed by atoms with Gasteiger partial charge in [0.05, 0.1) is 18.0 Å². The number of aryl methyl sites for hydroxylation is 2. The van der Waals surface area contributed by atoms with Gasteiger partial charge in [0.1, 0.15) is 11.9 Å². The molecule has 0 unspecified atom stereocenters. The fourth-order valence-corrected chi connectivity index (χ4v) is 4.46. The Balaban J connectivity index is 1.37. The summed E-state index contributed by atoms with van der Waals surface area (Å²) in [5.74, 6) is 1.09. The average molecular weight is 327 g/mol. The maximum atomic E-state index is 12.7. The molecule has 1 fully saturated rings.